The van der Waals surface area contributed by atoms with Crippen LogP contribution in [0.2, 0.25) is 0 Å². The number of aromatic nitrogens is 3. The highest BCUT2D eigenvalue weighted by Gasteiger charge is 2.36. The van der Waals surface area contributed by atoms with Crippen molar-refractivity contribution in [3.63, 3.8) is 0 Å². The molecule has 1 unspecified atom stereocenters. The summed E-state index contributed by atoms with van der Waals surface area (Å²) in [4.78, 5) is 42.2. The van der Waals surface area contributed by atoms with Crippen LogP contribution in [-0.2, 0) is 13.5 Å². The Morgan fingerprint density at radius 2 is 1.94 bits per heavy atom. The van der Waals surface area contributed by atoms with Crippen molar-refractivity contribution in [2.24, 2.45) is 12.5 Å². The van der Waals surface area contributed by atoms with Gasteiger partial charge in [0, 0.05) is 39.1 Å². The number of fused-ring (bicyclic) bond motifs is 1. The molecule has 4 rings (SSSR count). The van der Waals surface area contributed by atoms with Crippen molar-refractivity contribution < 1.29 is 9.90 Å². The van der Waals surface area contributed by atoms with Crippen LogP contribution in [0, 0.1) is 5.41 Å². The number of amides is 1. The maximum atomic E-state index is 12.4. The zero-order valence-corrected chi connectivity index (χ0v) is 18.7. The minimum atomic E-state index is -0.689. The molecule has 0 aliphatic heterocycles. The molecule has 1 amide bonds. The van der Waals surface area contributed by atoms with Crippen LogP contribution in [0.15, 0.2) is 28.0 Å². The summed E-state index contributed by atoms with van der Waals surface area (Å²) in [6.45, 7) is 4.28. The minimum Gasteiger partial charge on any atom is -0.504 e. The van der Waals surface area contributed by atoms with Gasteiger partial charge in [-0.15, -0.1) is 0 Å². The van der Waals surface area contributed by atoms with Gasteiger partial charge in [0.15, 0.2) is 11.4 Å². The van der Waals surface area contributed by atoms with Crippen LogP contribution in [0.1, 0.15) is 48.1 Å². The molecule has 10 heteroatoms. The summed E-state index contributed by atoms with van der Waals surface area (Å²) in [5.41, 5.74) is 0.787. The molecule has 0 saturated carbocycles. The Morgan fingerprint density at radius 3 is 2.62 bits per heavy atom. The lowest BCUT2D eigenvalue weighted by Crippen LogP contribution is -2.39. The second kappa shape index (κ2) is 7.47. The molecule has 0 bridgehead atoms. The van der Waals surface area contributed by atoms with E-state index in [-0.39, 0.29) is 34.2 Å². The normalized spacial score (nSPS) is 17.1. The number of hydrogen-bond acceptors (Lipinski definition) is 8. The number of aromatic hydroxyl groups is 1. The topological polar surface area (TPSA) is 129 Å². The van der Waals surface area contributed by atoms with Crippen molar-refractivity contribution >= 4 is 23.0 Å². The van der Waals surface area contributed by atoms with Gasteiger partial charge in [0.1, 0.15) is 11.4 Å². The quantitative estimate of drug-likeness (QED) is 0.513. The summed E-state index contributed by atoms with van der Waals surface area (Å²) >= 11 is 0. The van der Waals surface area contributed by atoms with Crippen LogP contribution in [0.3, 0.4) is 0 Å². The molecule has 0 spiro atoms. The van der Waals surface area contributed by atoms with E-state index in [1.807, 2.05) is 13.2 Å². The number of anilines is 3. The van der Waals surface area contributed by atoms with E-state index in [1.165, 1.54) is 17.2 Å². The first-order valence-electron chi connectivity index (χ1n) is 10.3. The van der Waals surface area contributed by atoms with Crippen molar-refractivity contribution in [2.75, 3.05) is 24.7 Å². The van der Waals surface area contributed by atoms with E-state index in [2.05, 4.69) is 34.6 Å². The summed E-state index contributed by atoms with van der Waals surface area (Å²) in [5.74, 6) is -0.874. The van der Waals surface area contributed by atoms with Gasteiger partial charge in [0.25, 0.3) is 16.8 Å². The average molecular weight is 438 g/mol. The monoisotopic (exact) mass is 438 g/mol. The van der Waals surface area contributed by atoms with Crippen LogP contribution in [-0.4, -0.2) is 44.8 Å². The number of hydrogen-bond donors (Lipinski definition) is 3. The maximum absolute atomic E-state index is 12.4. The molecule has 10 nitrogen and oxygen atoms in total. The first-order valence-corrected chi connectivity index (χ1v) is 10.3. The molecule has 0 radical (unpaired) electrons. The van der Waals surface area contributed by atoms with Gasteiger partial charge >= 0.3 is 0 Å². The van der Waals surface area contributed by atoms with Crippen molar-refractivity contribution in [3.05, 3.63) is 55.9 Å². The molecule has 3 N–H and O–H groups in total. The fourth-order valence-electron chi connectivity index (χ4n) is 4.18. The maximum Gasteiger partial charge on any atom is 0.275 e. The molecule has 1 aliphatic carbocycles. The highest BCUT2D eigenvalue weighted by Crippen LogP contribution is 2.42. The van der Waals surface area contributed by atoms with Crippen molar-refractivity contribution in [1.82, 2.24) is 19.7 Å². The van der Waals surface area contributed by atoms with E-state index in [0.717, 1.165) is 24.1 Å². The Morgan fingerprint density at radius 1 is 1.25 bits per heavy atom. The summed E-state index contributed by atoms with van der Waals surface area (Å²) in [6.07, 6.45) is 4.86. The van der Waals surface area contributed by atoms with Crippen LogP contribution < -0.4 is 21.5 Å². The molecular weight excluding hydrogens is 412 g/mol. The minimum absolute atomic E-state index is 0.0330. The van der Waals surface area contributed by atoms with E-state index in [1.54, 1.807) is 18.8 Å². The number of carbonyl (C=O) groups is 1. The summed E-state index contributed by atoms with van der Waals surface area (Å²) in [5, 5.41) is 21.1. The predicted molar refractivity (Wildman–Crippen MR) is 120 cm³/mol. The lowest BCUT2D eigenvalue weighted by atomic mass is 9.74. The molecule has 0 saturated heterocycles. The number of rotatable bonds is 5. The molecule has 0 fully saturated rings. The first-order chi connectivity index (χ1) is 15.0. The molecular formula is C22H26N6O4. The van der Waals surface area contributed by atoms with Crippen LogP contribution in [0.4, 0.5) is 17.1 Å². The van der Waals surface area contributed by atoms with E-state index >= 15 is 0 Å². The molecule has 1 aliphatic rings. The Hall–Kier alpha value is -3.69. The van der Waals surface area contributed by atoms with E-state index in [0.29, 0.717) is 0 Å². The fourth-order valence-corrected chi connectivity index (χ4v) is 4.18. The highest BCUT2D eigenvalue weighted by atomic mass is 16.3. The van der Waals surface area contributed by atoms with Gasteiger partial charge in [-0.05, 0) is 24.3 Å². The van der Waals surface area contributed by atoms with E-state index in [9.17, 15) is 19.5 Å². The smallest absolute Gasteiger partial charge is 0.275 e. The molecule has 1 aromatic carbocycles. The Labute approximate surface area is 184 Å². The lowest BCUT2D eigenvalue weighted by molar-refractivity contribution is 0.0819. The summed E-state index contributed by atoms with van der Waals surface area (Å²) < 4.78 is 1.75. The zero-order valence-electron chi connectivity index (χ0n) is 18.7. The van der Waals surface area contributed by atoms with Crippen molar-refractivity contribution in [3.8, 4) is 5.75 Å². The molecule has 32 heavy (non-hydrogen) atoms. The number of pyridine rings is 1. The number of nitrogens with one attached hydrogen (secondary N) is 2. The fraction of sp³-hybridized carbons (Fsp3) is 0.409. The summed E-state index contributed by atoms with van der Waals surface area (Å²) in [7, 11) is 4.94. The molecule has 2 aromatic heterocycles. The third-order valence-corrected chi connectivity index (χ3v) is 5.74. The van der Waals surface area contributed by atoms with E-state index < -0.39 is 22.5 Å². The average Bonchev–Trinajstić information content (AvgIpc) is 3.09. The van der Waals surface area contributed by atoms with Gasteiger partial charge < -0.3 is 20.6 Å². The van der Waals surface area contributed by atoms with E-state index in [4.69, 9.17) is 0 Å². The standard InChI is InChI=1S/C22H26N6O4/c1-22(2)8-13(11-10-28(5)26-14(11)9-22)25-16-15(19(30)20(16)31)24-12-6-7-23-17(18(12)29)21(32)27(3)4/h6-7,10,13,25,29H,8-9H2,1-5H3,(H,23,24). The van der Waals surface area contributed by atoms with Gasteiger partial charge in [0.2, 0.25) is 0 Å². The van der Waals surface area contributed by atoms with Gasteiger partial charge in [-0.3, -0.25) is 19.1 Å². The molecule has 1 atom stereocenters. The van der Waals surface area contributed by atoms with Gasteiger partial charge in [-0.2, -0.15) is 5.10 Å². The highest BCUT2D eigenvalue weighted by molar-refractivity contribution is 5.97. The van der Waals surface area contributed by atoms with Crippen molar-refractivity contribution in [1.29, 1.82) is 0 Å². The number of nitrogens with zero attached hydrogens (tertiary/aromatic N) is 4. The molecule has 3 aromatic rings. The van der Waals surface area contributed by atoms with Gasteiger partial charge in [-0.25, -0.2) is 4.98 Å². The van der Waals surface area contributed by atoms with Crippen LogP contribution in [0.5, 0.6) is 5.75 Å². The molecule has 2 heterocycles. The third-order valence-electron chi connectivity index (χ3n) is 5.74. The SMILES string of the molecule is CN(C)C(=O)c1nccc(Nc2c(NC3CC(C)(C)Cc4nn(C)cc43)c(=O)c2=O)c1O. The first kappa shape index (κ1) is 21.5. The van der Waals surface area contributed by atoms with Crippen LogP contribution >= 0.6 is 0 Å². The predicted octanol–water partition coefficient (Wildman–Crippen LogP) is 1.69. The summed E-state index contributed by atoms with van der Waals surface area (Å²) in [6, 6.07) is 1.24. The second-order valence-electron chi connectivity index (χ2n) is 9.24. The van der Waals surface area contributed by atoms with Gasteiger partial charge in [-0.1, -0.05) is 13.8 Å². The Balaban J connectivity index is 1.65. The number of aryl methyl sites for hydroxylation is 1. The Kier molecular flexibility index (Phi) is 5.03. The zero-order chi connectivity index (χ0) is 23.4. The largest absolute Gasteiger partial charge is 0.504 e. The lowest BCUT2D eigenvalue weighted by Gasteiger charge is -2.35. The third kappa shape index (κ3) is 3.61. The Bertz CT molecular complexity index is 1280. The second-order valence-corrected chi connectivity index (χ2v) is 9.24. The van der Waals surface area contributed by atoms with Crippen molar-refractivity contribution in [2.45, 2.75) is 32.7 Å². The number of carbonyl (C=O) groups excluding carboxylic acids is 1. The van der Waals surface area contributed by atoms with Crippen LogP contribution in [0.25, 0.3) is 0 Å². The van der Waals surface area contributed by atoms with Gasteiger partial charge in [0.05, 0.1) is 17.4 Å². The molecule has 168 valence electrons.